The summed E-state index contributed by atoms with van der Waals surface area (Å²) in [6, 6.07) is 8.20. The first-order valence-electron chi connectivity index (χ1n) is 11.1. The first-order chi connectivity index (χ1) is 17.4. The lowest BCUT2D eigenvalue weighted by molar-refractivity contribution is -0.387. The Balaban J connectivity index is 1.53. The highest BCUT2D eigenvalue weighted by atomic mass is 35.5. The molecule has 10 nitrogen and oxygen atoms in total. The normalized spacial score (nSPS) is 13.7. The summed E-state index contributed by atoms with van der Waals surface area (Å²) in [5.74, 6) is -0.818. The van der Waals surface area contributed by atoms with E-state index in [4.69, 9.17) is 21.1 Å². The van der Waals surface area contributed by atoms with Gasteiger partial charge in [0.2, 0.25) is 11.8 Å². The van der Waals surface area contributed by atoms with Crippen molar-refractivity contribution in [3.05, 3.63) is 63.7 Å². The number of nitro groups is 1. The average Bonchev–Trinajstić information content (AvgIpc) is 3.21. The summed E-state index contributed by atoms with van der Waals surface area (Å²) in [5, 5.41) is 15.4. The number of nitrogens with zero attached hydrogens (tertiary/aromatic N) is 5. The standard InChI is InChI=1S/C24H22ClFN6O4/c1-30-13-16(15-4-3-14(9-20(15)30)31-5-7-36-8-6-31)23-17(25)12-27-24(29-23)28-19-11-21(32(33)34)18(26)10-22(19)35-2/h3-4,9-13H,5-8H2,1-2H3,(H,27,28,29). The highest BCUT2D eigenvalue weighted by Gasteiger charge is 2.21. The zero-order valence-corrected chi connectivity index (χ0v) is 20.3. The fourth-order valence-corrected chi connectivity index (χ4v) is 4.46. The molecule has 1 saturated heterocycles. The fraction of sp³-hybridized carbons (Fsp3) is 0.250. The molecule has 2 aromatic carbocycles. The summed E-state index contributed by atoms with van der Waals surface area (Å²) in [7, 11) is 3.28. The molecule has 1 aliphatic rings. The molecule has 0 saturated carbocycles. The van der Waals surface area contributed by atoms with Gasteiger partial charge in [0.05, 0.1) is 53.4 Å². The van der Waals surface area contributed by atoms with Crippen LogP contribution >= 0.6 is 11.6 Å². The van der Waals surface area contributed by atoms with E-state index in [1.165, 1.54) is 13.3 Å². The maximum Gasteiger partial charge on any atom is 0.307 e. The Hall–Kier alpha value is -3.96. The van der Waals surface area contributed by atoms with E-state index in [9.17, 15) is 14.5 Å². The third kappa shape index (κ3) is 4.38. The predicted molar refractivity (Wildman–Crippen MR) is 135 cm³/mol. The number of fused-ring (bicyclic) bond motifs is 1. The van der Waals surface area contributed by atoms with Crippen molar-refractivity contribution in [2.24, 2.45) is 7.05 Å². The number of halogens is 2. The van der Waals surface area contributed by atoms with E-state index < -0.39 is 16.4 Å². The van der Waals surface area contributed by atoms with Crippen LogP contribution in [0.5, 0.6) is 5.75 Å². The molecule has 2 aromatic heterocycles. The Bertz CT molecular complexity index is 1470. The van der Waals surface area contributed by atoms with Crippen molar-refractivity contribution in [1.82, 2.24) is 14.5 Å². The van der Waals surface area contributed by atoms with Crippen molar-refractivity contribution in [2.75, 3.05) is 43.6 Å². The van der Waals surface area contributed by atoms with E-state index in [0.29, 0.717) is 23.9 Å². The Morgan fingerprint density at radius 1 is 1.25 bits per heavy atom. The molecule has 1 aliphatic heterocycles. The molecule has 0 atom stereocenters. The molecular formula is C24H22ClFN6O4. The van der Waals surface area contributed by atoms with E-state index in [1.54, 1.807) is 0 Å². The second kappa shape index (κ2) is 9.59. The number of ether oxygens (including phenoxy) is 2. The number of hydrogen-bond donors (Lipinski definition) is 1. The second-order valence-corrected chi connectivity index (χ2v) is 8.64. The molecule has 5 rings (SSSR count). The van der Waals surface area contributed by atoms with Gasteiger partial charge < -0.3 is 24.3 Å². The van der Waals surface area contributed by atoms with E-state index in [-0.39, 0.29) is 17.4 Å². The fourth-order valence-electron chi connectivity index (χ4n) is 4.27. The van der Waals surface area contributed by atoms with Gasteiger partial charge in [0.25, 0.3) is 0 Å². The van der Waals surface area contributed by atoms with E-state index in [0.717, 1.165) is 47.4 Å². The molecule has 4 aromatic rings. The molecule has 0 radical (unpaired) electrons. The van der Waals surface area contributed by atoms with Gasteiger partial charge in [-0.3, -0.25) is 10.1 Å². The smallest absolute Gasteiger partial charge is 0.307 e. The number of methoxy groups -OCH3 is 1. The van der Waals surface area contributed by atoms with Crippen LogP contribution in [0.15, 0.2) is 42.7 Å². The van der Waals surface area contributed by atoms with Crippen LogP contribution in [0.2, 0.25) is 5.02 Å². The Morgan fingerprint density at radius 3 is 2.75 bits per heavy atom. The van der Waals surface area contributed by atoms with E-state index in [2.05, 4.69) is 32.3 Å². The summed E-state index contributed by atoms with van der Waals surface area (Å²) in [6.07, 6.45) is 3.38. The van der Waals surface area contributed by atoms with Gasteiger partial charge in [-0.1, -0.05) is 17.7 Å². The molecule has 3 heterocycles. The van der Waals surface area contributed by atoms with Crippen molar-refractivity contribution in [2.45, 2.75) is 0 Å². The van der Waals surface area contributed by atoms with Crippen LogP contribution in [0.3, 0.4) is 0 Å². The van der Waals surface area contributed by atoms with Crippen molar-refractivity contribution in [3.63, 3.8) is 0 Å². The summed E-state index contributed by atoms with van der Waals surface area (Å²) >= 11 is 6.49. The van der Waals surface area contributed by atoms with Crippen molar-refractivity contribution in [3.8, 4) is 17.0 Å². The van der Waals surface area contributed by atoms with Crippen LogP contribution in [0.1, 0.15) is 0 Å². The third-order valence-corrected chi connectivity index (χ3v) is 6.34. The highest BCUT2D eigenvalue weighted by Crippen LogP contribution is 2.37. The SMILES string of the molecule is COc1cc(F)c([N+](=O)[O-])cc1Nc1ncc(Cl)c(-c2cn(C)c3cc(N4CCOCC4)ccc23)n1. The lowest BCUT2D eigenvalue weighted by Crippen LogP contribution is -2.36. The Labute approximate surface area is 210 Å². The quantitative estimate of drug-likeness (QED) is 0.286. The average molecular weight is 513 g/mol. The van der Waals surface area contributed by atoms with Gasteiger partial charge in [0.15, 0.2) is 0 Å². The van der Waals surface area contributed by atoms with Gasteiger partial charge >= 0.3 is 5.69 Å². The number of aromatic nitrogens is 3. The number of nitrogens with one attached hydrogen (secondary N) is 1. The molecule has 12 heteroatoms. The molecule has 36 heavy (non-hydrogen) atoms. The first kappa shape index (κ1) is 23.8. The summed E-state index contributed by atoms with van der Waals surface area (Å²) in [5.41, 5.74) is 2.85. The minimum Gasteiger partial charge on any atom is -0.494 e. The Morgan fingerprint density at radius 2 is 2.03 bits per heavy atom. The maximum absolute atomic E-state index is 14.0. The number of rotatable bonds is 6. The van der Waals surface area contributed by atoms with Gasteiger partial charge in [0, 0.05) is 55.1 Å². The van der Waals surface area contributed by atoms with Crippen molar-refractivity contribution >= 4 is 45.5 Å². The maximum atomic E-state index is 14.0. The number of nitro benzene ring substituents is 1. The number of aryl methyl sites for hydroxylation is 1. The highest BCUT2D eigenvalue weighted by molar-refractivity contribution is 6.33. The number of hydrogen-bond acceptors (Lipinski definition) is 8. The van der Waals surface area contributed by atoms with Crippen LogP contribution < -0.4 is 15.0 Å². The predicted octanol–water partition coefficient (Wildman–Crippen LogP) is 4.92. The van der Waals surface area contributed by atoms with Gasteiger partial charge in [-0.2, -0.15) is 4.39 Å². The first-order valence-corrected chi connectivity index (χ1v) is 11.5. The third-order valence-electron chi connectivity index (χ3n) is 6.06. The van der Waals surface area contributed by atoms with Crippen LogP contribution in [0, 0.1) is 15.9 Å². The summed E-state index contributed by atoms with van der Waals surface area (Å²) < 4.78 is 26.7. The van der Waals surface area contributed by atoms with E-state index >= 15 is 0 Å². The topological polar surface area (TPSA) is 108 Å². The van der Waals surface area contributed by atoms with Crippen molar-refractivity contribution in [1.29, 1.82) is 0 Å². The molecule has 1 fully saturated rings. The molecule has 0 spiro atoms. The van der Waals surface area contributed by atoms with Crippen LogP contribution in [0.25, 0.3) is 22.2 Å². The molecule has 0 unspecified atom stereocenters. The number of morpholine rings is 1. The molecule has 0 bridgehead atoms. The molecule has 1 N–H and O–H groups in total. The number of anilines is 3. The molecule has 0 amide bonds. The molecule has 0 aliphatic carbocycles. The van der Waals surface area contributed by atoms with Gasteiger partial charge in [0.1, 0.15) is 5.75 Å². The van der Waals surface area contributed by atoms with Crippen molar-refractivity contribution < 1.29 is 18.8 Å². The van der Waals surface area contributed by atoms with Gasteiger partial charge in [-0.05, 0) is 12.1 Å². The van der Waals surface area contributed by atoms with Crippen LogP contribution in [-0.4, -0.2) is 52.9 Å². The molecular weight excluding hydrogens is 491 g/mol. The molecule has 186 valence electrons. The van der Waals surface area contributed by atoms with Gasteiger partial charge in [-0.25, -0.2) is 9.97 Å². The van der Waals surface area contributed by atoms with Gasteiger partial charge in [-0.15, -0.1) is 0 Å². The largest absolute Gasteiger partial charge is 0.494 e. The monoisotopic (exact) mass is 512 g/mol. The zero-order chi connectivity index (χ0) is 25.4. The van der Waals surface area contributed by atoms with E-state index in [1.807, 2.05) is 23.9 Å². The van der Waals surface area contributed by atoms with Crippen LogP contribution in [-0.2, 0) is 11.8 Å². The summed E-state index contributed by atoms with van der Waals surface area (Å²) in [4.78, 5) is 21.4. The second-order valence-electron chi connectivity index (χ2n) is 8.23. The lowest BCUT2D eigenvalue weighted by atomic mass is 10.1. The zero-order valence-electron chi connectivity index (χ0n) is 19.5. The minimum atomic E-state index is -1.01. The Kier molecular flexibility index (Phi) is 6.33. The minimum absolute atomic E-state index is 0.0685. The van der Waals surface area contributed by atoms with Crippen LogP contribution in [0.4, 0.5) is 27.4 Å². The summed E-state index contributed by atoms with van der Waals surface area (Å²) in [6.45, 7) is 3.07. The number of benzene rings is 2. The lowest BCUT2D eigenvalue weighted by Gasteiger charge is -2.29.